The lowest BCUT2D eigenvalue weighted by Gasteiger charge is -2.24. The molecule has 0 saturated heterocycles. The first-order valence-electron chi connectivity index (χ1n) is 10.8. The van der Waals surface area contributed by atoms with Gasteiger partial charge in [-0.05, 0) is 68.2 Å². The number of rotatable bonds is 11. The first-order valence-corrected chi connectivity index (χ1v) is 10.8. The maximum absolute atomic E-state index is 12.7. The summed E-state index contributed by atoms with van der Waals surface area (Å²) in [5.74, 6) is 0.908. The van der Waals surface area contributed by atoms with Crippen LogP contribution >= 0.6 is 0 Å². The van der Waals surface area contributed by atoms with E-state index in [-0.39, 0.29) is 12.5 Å². The maximum Gasteiger partial charge on any atom is 0.248 e. The molecule has 3 aromatic rings. The lowest BCUT2D eigenvalue weighted by Crippen LogP contribution is -2.37. The number of nitrogens with zero attached hydrogens (tertiary/aromatic N) is 2. The number of ether oxygens (including phenoxy) is 1. The maximum atomic E-state index is 12.7. The van der Waals surface area contributed by atoms with Crippen LogP contribution in [0.2, 0.25) is 0 Å². The second-order valence-electron chi connectivity index (χ2n) is 8.06. The molecule has 7 nitrogen and oxygen atoms in total. The fourth-order valence-electron chi connectivity index (χ4n) is 3.22. The van der Waals surface area contributed by atoms with Crippen LogP contribution in [0.3, 0.4) is 0 Å². The number of carbonyl (C=O) groups excluding carboxylic acids is 2. The average molecular weight is 447 g/mol. The molecule has 0 aliphatic rings. The molecule has 172 valence electrons. The van der Waals surface area contributed by atoms with E-state index >= 15 is 0 Å². The van der Waals surface area contributed by atoms with Crippen molar-refractivity contribution in [2.45, 2.75) is 6.54 Å². The van der Waals surface area contributed by atoms with Crippen molar-refractivity contribution in [1.29, 1.82) is 0 Å². The van der Waals surface area contributed by atoms with Crippen LogP contribution in [-0.2, 0) is 11.3 Å². The topological polar surface area (TPSA) is 87.9 Å². The van der Waals surface area contributed by atoms with Gasteiger partial charge in [0.25, 0.3) is 0 Å². The Labute approximate surface area is 194 Å². The van der Waals surface area contributed by atoms with Gasteiger partial charge in [0.2, 0.25) is 11.8 Å². The Morgan fingerprint density at radius 3 is 2.09 bits per heavy atom. The summed E-state index contributed by atoms with van der Waals surface area (Å²) < 4.78 is 5.79. The second-order valence-corrected chi connectivity index (χ2v) is 8.06. The summed E-state index contributed by atoms with van der Waals surface area (Å²) in [6.45, 7) is 2.37. The minimum Gasteiger partial charge on any atom is -0.457 e. The van der Waals surface area contributed by atoms with E-state index < -0.39 is 5.91 Å². The van der Waals surface area contributed by atoms with E-state index in [1.54, 1.807) is 12.1 Å². The van der Waals surface area contributed by atoms with Crippen molar-refractivity contribution < 1.29 is 14.3 Å². The molecule has 0 fully saturated rings. The molecular formula is C26H30N4O3. The highest BCUT2D eigenvalue weighted by Crippen LogP contribution is 2.22. The van der Waals surface area contributed by atoms with E-state index in [9.17, 15) is 9.59 Å². The molecule has 0 spiro atoms. The fraction of sp³-hybridized carbons (Fsp3) is 0.231. The van der Waals surface area contributed by atoms with E-state index in [1.807, 2.05) is 80.8 Å². The summed E-state index contributed by atoms with van der Waals surface area (Å²) in [4.78, 5) is 28.2. The number of amides is 2. The van der Waals surface area contributed by atoms with E-state index in [0.29, 0.717) is 23.5 Å². The van der Waals surface area contributed by atoms with Gasteiger partial charge < -0.3 is 20.7 Å². The molecule has 7 heteroatoms. The van der Waals surface area contributed by atoms with Crippen LogP contribution in [0.25, 0.3) is 0 Å². The molecular weight excluding hydrogens is 416 g/mol. The predicted molar refractivity (Wildman–Crippen MR) is 130 cm³/mol. The summed E-state index contributed by atoms with van der Waals surface area (Å²) in [6.07, 6.45) is 0. The first-order chi connectivity index (χ1) is 15.9. The highest BCUT2D eigenvalue weighted by molar-refractivity contribution is 5.93. The van der Waals surface area contributed by atoms with Crippen LogP contribution in [0.4, 0.5) is 5.69 Å². The third kappa shape index (κ3) is 8.07. The fourth-order valence-corrected chi connectivity index (χ4v) is 3.22. The van der Waals surface area contributed by atoms with Crippen LogP contribution in [0.1, 0.15) is 15.9 Å². The molecule has 3 rings (SSSR count). The quantitative estimate of drug-likeness (QED) is 0.470. The standard InChI is InChI=1S/C26H30N4O3/c1-29(2)16-17-30(18-20-8-10-21(11-9-20)26(27)32)19-25(31)28-22-12-14-24(15-13-22)33-23-6-4-3-5-7-23/h3-15H,16-19H2,1-2H3,(H2,27,32)(H,28,31). The van der Waals surface area contributed by atoms with Crippen molar-refractivity contribution in [2.75, 3.05) is 39.0 Å². The molecule has 0 bridgehead atoms. The number of nitrogens with two attached hydrogens (primary N) is 1. The van der Waals surface area contributed by atoms with E-state index in [2.05, 4.69) is 15.1 Å². The molecule has 0 atom stereocenters. The Morgan fingerprint density at radius 1 is 0.848 bits per heavy atom. The van der Waals surface area contributed by atoms with Crippen molar-refractivity contribution in [2.24, 2.45) is 5.73 Å². The number of nitrogens with one attached hydrogen (secondary N) is 1. The predicted octanol–water partition coefficient (Wildman–Crippen LogP) is 3.58. The molecule has 2 amide bonds. The van der Waals surface area contributed by atoms with Gasteiger partial charge >= 0.3 is 0 Å². The van der Waals surface area contributed by atoms with Crippen LogP contribution in [0, 0.1) is 0 Å². The molecule has 0 aliphatic heterocycles. The number of carbonyl (C=O) groups is 2. The lowest BCUT2D eigenvalue weighted by molar-refractivity contribution is -0.117. The SMILES string of the molecule is CN(C)CCN(CC(=O)Nc1ccc(Oc2ccccc2)cc1)Cc1ccc(C(N)=O)cc1. The number of anilines is 1. The highest BCUT2D eigenvalue weighted by atomic mass is 16.5. The van der Waals surface area contributed by atoms with Crippen LogP contribution in [-0.4, -0.2) is 55.3 Å². The molecule has 0 radical (unpaired) electrons. The first kappa shape index (κ1) is 24.0. The number of benzene rings is 3. The van der Waals surface area contributed by atoms with Crippen molar-refractivity contribution in [3.05, 3.63) is 90.0 Å². The Morgan fingerprint density at radius 2 is 1.48 bits per heavy atom. The summed E-state index contributed by atoms with van der Waals surface area (Å²) in [5.41, 5.74) is 7.50. The molecule has 0 saturated carbocycles. The lowest BCUT2D eigenvalue weighted by atomic mass is 10.1. The molecule has 0 aromatic heterocycles. The number of primary amides is 1. The van der Waals surface area contributed by atoms with Gasteiger partial charge in [-0.1, -0.05) is 30.3 Å². The molecule has 0 heterocycles. The minimum atomic E-state index is -0.453. The third-order valence-electron chi connectivity index (χ3n) is 4.99. The van der Waals surface area contributed by atoms with Crippen molar-refractivity contribution in [3.8, 4) is 11.5 Å². The van der Waals surface area contributed by atoms with Crippen LogP contribution in [0.15, 0.2) is 78.9 Å². The molecule has 0 aliphatic carbocycles. The third-order valence-corrected chi connectivity index (χ3v) is 4.99. The smallest absolute Gasteiger partial charge is 0.248 e. The monoisotopic (exact) mass is 446 g/mol. The number of para-hydroxylation sites is 1. The highest BCUT2D eigenvalue weighted by Gasteiger charge is 2.13. The second kappa shape index (κ2) is 11.8. The van der Waals surface area contributed by atoms with E-state index in [0.717, 1.165) is 24.4 Å². The van der Waals surface area contributed by atoms with Gasteiger partial charge in [-0.3, -0.25) is 14.5 Å². The van der Waals surface area contributed by atoms with Gasteiger partial charge in [0.15, 0.2) is 0 Å². The Bertz CT molecular complexity index is 1040. The Balaban J connectivity index is 1.58. The Hall–Kier alpha value is -3.68. The molecule has 0 unspecified atom stereocenters. The summed E-state index contributed by atoms with van der Waals surface area (Å²) in [7, 11) is 4.00. The summed E-state index contributed by atoms with van der Waals surface area (Å²) >= 11 is 0. The Kier molecular flexibility index (Phi) is 8.57. The zero-order valence-electron chi connectivity index (χ0n) is 19.0. The van der Waals surface area contributed by atoms with Crippen molar-refractivity contribution in [1.82, 2.24) is 9.80 Å². The zero-order valence-corrected chi connectivity index (χ0v) is 19.0. The van der Waals surface area contributed by atoms with Crippen LogP contribution < -0.4 is 15.8 Å². The van der Waals surface area contributed by atoms with Crippen molar-refractivity contribution in [3.63, 3.8) is 0 Å². The number of likely N-dealkylation sites (N-methyl/N-ethyl adjacent to an activating group) is 1. The average Bonchev–Trinajstić information content (AvgIpc) is 2.80. The molecule has 33 heavy (non-hydrogen) atoms. The van der Waals surface area contributed by atoms with Gasteiger partial charge in [0.1, 0.15) is 11.5 Å². The van der Waals surface area contributed by atoms with E-state index in [4.69, 9.17) is 10.5 Å². The normalized spacial score (nSPS) is 10.9. The van der Waals surface area contributed by atoms with Gasteiger partial charge in [0.05, 0.1) is 6.54 Å². The largest absolute Gasteiger partial charge is 0.457 e. The zero-order chi connectivity index (χ0) is 23.6. The molecule has 3 N–H and O–H groups in total. The van der Waals surface area contributed by atoms with Gasteiger partial charge in [-0.2, -0.15) is 0 Å². The number of hydrogen-bond donors (Lipinski definition) is 2. The van der Waals surface area contributed by atoms with Crippen molar-refractivity contribution >= 4 is 17.5 Å². The minimum absolute atomic E-state index is 0.0979. The molecule has 3 aromatic carbocycles. The van der Waals surface area contributed by atoms with Gasteiger partial charge in [-0.15, -0.1) is 0 Å². The summed E-state index contributed by atoms with van der Waals surface area (Å²) in [5, 5.41) is 2.95. The van der Waals surface area contributed by atoms with Gasteiger partial charge in [-0.25, -0.2) is 0 Å². The van der Waals surface area contributed by atoms with Gasteiger partial charge in [0, 0.05) is 30.9 Å². The van der Waals surface area contributed by atoms with E-state index in [1.165, 1.54) is 0 Å². The van der Waals surface area contributed by atoms with Crippen LogP contribution in [0.5, 0.6) is 11.5 Å². The summed E-state index contributed by atoms with van der Waals surface area (Å²) in [6, 6.07) is 24.0. The number of hydrogen-bond acceptors (Lipinski definition) is 5.